The Kier molecular flexibility index (Phi) is 8.28. The van der Waals surface area contributed by atoms with Crippen LogP contribution in [0.25, 0.3) is 0 Å². The highest BCUT2D eigenvalue weighted by atomic mass is 16.6. The second-order valence-corrected chi connectivity index (χ2v) is 7.57. The maximum atomic E-state index is 12.2. The molecule has 0 bridgehead atoms. The normalized spacial score (nSPS) is 11.9. The van der Waals surface area contributed by atoms with Gasteiger partial charge in [0.25, 0.3) is 0 Å². The summed E-state index contributed by atoms with van der Waals surface area (Å²) in [5, 5.41) is 0. The second kappa shape index (κ2) is 9.72. The number of esters is 2. The third kappa shape index (κ3) is 7.56. The molecule has 0 aliphatic carbocycles. The molecule has 0 saturated carbocycles. The number of hydrogen-bond donors (Lipinski definition) is 0. The molecule has 0 aliphatic rings. The third-order valence-corrected chi connectivity index (χ3v) is 4.24. The molecule has 1 aromatic carbocycles. The molecule has 0 fully saturated rings. The van der Waals surface area contributed by atoms with Gasteiger partial charge in [-0.15, -0.1) is 0 Å². The minimum Gasteiger partial charge on any atom is -0.460 e. The molecule has 26 heavy (non-hydrogen) atoms. The van der Waals surface area contributed by atoms with Crippen LogP contribution in [0.1, 0.15) is 81.5 Å². The van der Waals surface area contributed by atoms with Crippen molar-refractivity contribution in [3.63, 3.8) is 0 Å². The Bertz CT molecular complexity index is 587. The summed E-state index contributed by atoms with van der Waals surface area (Å²) in [6.45, 7) is 12.4. The van der Waals surface area contributed by atoms with Gasteiger partial charge in [0.1, 0.15) is 12.2 Å². The number of rotatable bonds is 10. The Morgan fingerprint density at radius 2 is 1.38 bits per heavy atom. The first-order valence-electron chi connectivity index (χ1n) is 9.24. The number of ether oxygens (including phenoxy) is 3. The van der Waals surface area contributed by atoms with Gasteiger partial charge in [-0.3, -0.25) is 0 Å². The Labute approximate surface area is 157 Å². The fourth-order valence-electron chi connectivity index (χ4n) is 2.34. The van der Waals surface area contributed by atoms with Gasteiger partial charge < -0.3 is 14.2 Å². The van der Waals surface area contributed by atoms with E-state index in [1.54, 1.807) is 24.3 Å². The number of carbonyl (C=O) groups is 2. The summed E-state index contributed by atoms with van der Waals surface area (Å²) < 4.78 is 16.4. The van der Waals surface area contributed by atoms with Crippen molar-refractivity contribution in [1.29, 1.82) is 0 Å². The van der Waals surface area contributed by atoms with Gasteiger partial charge in [0.05, 0.1) is 23.3 Å². The van der Waals surface area contributed by atoms with E-state index in [1.807, 2.05) is 41.5 Å². The van der Waals surface area contributed by atoms with Crippen LogP contribution >= 0.6 is 0 Å². The van der Waals surface area contributed by atoms with Gasteiger partial charge in [0.15, 0.2) is 0 Å². The molecule has 5 nitrogen and oxygen atoms in total. The molecule has 0 radical (unpaired) electrons. The summed E-state index contributed by atoms with van der Waals surface area (Å²) in [4.78, 5) is 24.2. The van der Waals surface area contributed by atoms with Crippen LogP contribution in [-0.4, -0.2) is 36.4 Å². The van der Waals surface area contributed by atoms with Gasteiger partial charge in [-0.2, -0.15) is 0 Å². The molecular formula is C21H32O5. The lowest BCUT2D eigenvalue weighted by Gasteiger charge is -2.24. The summed E-state index contributed by atoms with van der Waals surface area (Å²) in [5.41, 5.74) is 0.0817. The van der Waals surface area contributed by atoms with Gasteiger partial charge in [-0.25, -0.2) is 9.59 Å². The molecule has 0 spiro atoms. The highest BCUT2D eigenvalue weighted by molar-refractivity contribution is 5.93. The Hall–Kier alpha value is -1.88. The van der Waals surface area contributed by atoms with Gasteiger partial charge in [0, 0.05) is 0 Å². The maximum Gasteiger partial charge on any atom is 0.338 e. The van der Waals surface area contributed by atoms with E-state index in [4.69, 9.17) is 14.2 Å². The molecule has 1 aromatic rings. The lowest BCUT2D eigenvalue weighted by molar-refractivity contribution is -0.0409. The molecule has 0 N–H and O–H groups in total. The van der Waals surface area contributed by atoms with Crippen molar-refractivity contribution in [2.24, 2.45) is 0 Å². The van der Waals surface area contributed by atoms with E-state index >= 15 is 0 Å². The molecule has 0 unspecified atom stereocenters. The fraction of sp³-hybridized carbons (Fsp3) is 0.619. The largest absolute Gasteiger partial charge is 0.460 e. The smallest absolute Gasteiger partial charge is 0.338 e. The van der Waals surface area contributed by atoms with E-state index in [2.05, 4.69) is 0 Å². The monoisotopic (exact) mass is 364 g/mol. The highest BCUT2D eigenvalue weighted by Crippen LogP contribution is 2.19. The molecule has 0 heterocycles. The average molecular weight is 364 g/mol. The van der Waals surface area contributed by atoms with E-state index in [9.17, 15) is 9.59 Å². The quantitative estimate of drug-likeness (QED) is 0.441. The van der Waals surface area contributed by atoms with Crippen LogP contribution in [0.3, 0.4) is 0 Å². The zero-order valence-corrected chi connectivity index (χ0v) is 16.9. The van der Waals surface area contributed by atoms with E-state index < -0.39 is 17.5 Å². The second-order valence-electron chi connectivity index (χ2n) is 7.57. The molecule has 0 atom stereocenters. The minimum atomic E-state index is -0.504. The summed E-state index contributed by atoms with van der Waals surface area (Å²) in [5.74, 6) is -0.826. The Morgan fingerprint density at radius 1 is 0.846 bits per heavy atom. The number of hydrogen-bond acceptors (Lipinski definition) is 5. The first-order valence-corrected chi connectivity index (χ1v) is 9.24. The van der Waals surface area contributed by atoms with Crippen molar-refractivity contribution < 1.29 is 23.8 Å². The van der Waals surface area contributed by atoms with Crippen molar-refractivity contribution in [3.05, 3.63) is 35.4 Å². The predicted octanol–water partition coefficient (Wildman–Crippen LogP) is 4.78. The summed E-state index contributed by atoms with van der Waals surface area (Å²) in [6, 6.07) is 6.31. The van der Waals surface area contributed by atoms with E-state index in [1.165, 1.54) is 0 Å². The first-order chi connectivity index (χ1) is 12.1. The molecule has 0 aromatic heterocycles. The van der Waals surface area contributed by atoms with Crippen LogP contribution < -0.4 is 0 Å². The average Bonchev–Trinajstić information content (AvgIpc) is 2.58. The molecule has 0 amide bonds. The highest BCUT2D eigenvalue weighted by Gasteiger charge is 2.23. The van der Waals surface area contributed by atoms with Crippen molar-refractivity contribution in [3.8, 4) is 0 Å². The SMILES string of the molecule is CCCC(C)(C)OC(=O)c1ccc(C(=O)OCCOC(C)(C)CC)cc1. The standard InChI is InChI=1S/C21H32O5/c1-7-13-21(5,6)26-19(23)17-11-9-16(10-12-17)18(22)24-14-15-25-20(3,4)8-2/h9-12H,7-8,13-15H2,1-6H3. The molecule has 0 aliphatic heterocycles. The first kappa shape index (κ1) is 22.2. The Balaban J connectivity index is 2.53. The van der Waals surface area contributed by atoms with Crippen LogP contribution in [-0.2, 0) is 14.2 Å². The predicted molar refractivity (Wildman–Crippen MR) is 101 cm³/mol. The Morgan fingerprint density at radius 3 is 1.88 bits per heavy atom. The van der Waals surface area contributed by atoms with Crippen LogP contribution in [0.4, 0.5) is 0 Å². The van der Waals surface area contributed by atoms with Crippen LogP contribution in [0.5, 0.6) is 0 Å². The number of benzene rings is 1. The topological polar surface area (TPSA) is 61.8 Å². The number of carbonyl (C=O) groups excluding carboxylic acids is 2. The molecule has 5 heteroatoms. The van der Waals surface area contributed by atoms with Gasteiger partial charge >= 0.3 is 11.9 Å². The molecule has 1 rings (SSSR count). The zero-order chi connectivity index (χ0) is 19.8. The van der Waals surface area contributed by atoms with Crippen molar-refractivity contribution >= 4 is 11.9 Å². The lowest BCUT2D eigenvalue weighted by atomic mass is 10.0. The van der Waals surface area contributed by atoms with Crippen molar-refractivity contribution in [2.45, 2.75) is 72.0 Å². The summed E-state index contributed by atoms with van der Waals surface area (Å²) in [7, 11) is 0. The maximum absolute atomic E-state index is 12.2. The molecule has 146 valence electrons. The zero-order valence-electron chi connectivity index (χ0n) is 16.9. The van der Waals surface area contributed by atoms with Gasteiger partial charge in [-0.05, 0) is 64.8 Å². The van der Waals surface area contributed by atoms with Crippen molar-refractivity contribution in [1.82, 2.24) is 0 Å². The van der Waals surface area contributed by atoms with Crippen LogP contribution in [0.2, 0.25) is 0 Å². The van der Waals surface area contributed by atoms with Crippen LogP contribution in [0.15, 0.2) is 24.3 Å². The minimum absolute atomic E-state index is 0.192. The molecular weight excluding hydrogens is 332 g/mol. The van der Waals surface area contributed by atoms with E-state index in [-0.39, 0.29) is 12.2 Å². The third-order valence-electron chi connectivity index (χ3n) is 4.24. The lowest BCUT2D eigenvalue weighted by Crippen LogP contribution is -2.27. The van der Waals surface area contributed by atoms with Crippen molar-refractivity contribution in [2.75, 3.05) is 13.2 Å². The summed E-state index contributed by atoms with van der Waals surface area (Å²) in [6.07, 6.45) is 2.61. The van der Waals surface area contributed by atoms with E-state index in [0.717, 1.165) is 19.3 Å². The van der Waals surface area contributed by atoms with Gasteiger partial charge in [-0.1, -0.05) is 20.3 Å². The van der Waals surface area contributed by atoms with E-state index in [0.29, 0.717) is 17.7 Å². The summed E-state index contributed by atoms with van der Waals surface area (Å²) >= 11 is 0. The van der Waals surface area contributed by atoms with Gasteiger partial charge in [0.2, 0.25) is 0 Å². The molecule has 0 saturated heterocycles. The van der Waals surface area contributed by atoms with Crippen LogP contribution in [0, 0.1) is 0 Å². The fourth-order valence-corrected chi connectivity index (χ4v) is 2.34.